The maximum absolute atomic E-state index is 6.25. The molecule has 0 spiro atoms. The summed E-state index contributed by atoms with van der Waals surface area (Å²) in [7, 11) is 1.42. The predicted octanol–water partition coefficient (Wildman–Crippen LogP) is 3.83. The van der Waals surface area contributed by atoms with Crippen LogP contribution in [0.1, 0.15) is 38.5 Å². The van der Waals surface area contributed by atoms with Gasteiger partial charge in [-0.1, -0.05) is 12.8 Å². The van der Waals surface area contributed by atoms with Crippen LogP contribution in [0.3, 0.4) is 0 Å². The highest BCUT2D eigenvalue weighted by Crippen LogP contribution is 2.39. The van der Waals surface area contributed by atoms with Crippen LogP contribution in [0.15, 0.2) is 0 Å². The average Bonchev–Trinajstić information content (AvgIpc) is 2.30. The summed E-state index contributed by atoms with van der Waals surface area (Å²) in [5, 5.41) is 0. The van der Waals surface area contributed by atoms with Crippen LogP contribution >= 0.6 is 11.1 Å². The zero-order valence-electron chi connectivity index (χ0n) is 9.68. The molecule has 0 amide bonds. The monoisotopic (exact) mass is 245 g/mol. The Kier molecular flexibility index (Phi) is 4.53. The normalized spacial score (nSPS) is 35.6. The van der Waals surface area contributed by atoms with Crippen molar-refractivity contribution in [1.29, 1.82) is 0 Å². The first-order chi connectivity index (χ1) is 7.29. The summed E-state index contributed by atoms with van der Waals surface area (Å²) in [6.07, 6.45) is 8.76. The molecule has 2 rings (SSSR count). The van der Waals surface area contributed by atoms with Crippen molar-refractivity contribution in [3.63, 3.8) is 0 Å². The number of methoxy groups -OCH3 is 1. The Morgan fingerprint density at radius 3 is 2.00 bits per heavy atom. The summed E-state index contributed by atoms with van der Waals surface area (Å²) in [5.41, 5.74) is 0. The maximum atomic E-state index is 6.25. The molecule has 0 unspecified atom stereocenters. The summed E-state index contributed by atoms with van der Waals surface area (Å²) < 4.78 is 5.43. The largest absolute Gasteiger partial charge is 0.381 e. The molecular formula is C12H22ClOSi. The third-order valence-corrected chi connectivity index (χ3v) is 7.09. The Morgan fingerprint density at radius 2 is 1.47 bits per heavy atom. The number of halogens is 1. The van der Waals surface area contributed by atoms with Crippen molar-refractivity contribution in [3.8, 4) is 0 Å². The molecule has 1 aliphatic carbocycles. The van der Waals surface area contributed by atoms with Gasteiger partial charge in [0.1, 0.15) is 0 Å². The lowest BCUT2D eigenvalue weighted by Crippen LogP contribution is -2.28. The molecule has 1 nitrogen and oxygen atoms in total. The van der Waals surface area contributed by atoms with Gasteiger partial charge in [-0.25, -0.2) is 0 Å². The second-order valence-corrected chi connectivity index (χ2v) is 8.77. The van der Waals surface area contributed by atoms with Crippen LogP contribution in [-0.4, -0.2) is 21.3 Å². The molecule has 0 aromatic rings. The van der Waals surface area contributed by atoms with Crippen LogP contribution in [0.5, 0.6) is 0 Å². The molecule has 0 bridgehead atoms. The van der Waals surface area contributed by atoms with E-state index in [1.165, 1.54) is 50.6 Å². The van der Waals surface area contributed by atoms with Gasteiger partial charge in [0.05, 0.1) is 6.10 Å². The minimum atomic E-state index is -0.431. The Hall–Kier alpha value is 0.467. The highest BCUT2D eigenvalue weighted by Gasteiger charge is 2.30. The van der Waals surface area contributed by atoms with Crippen LogP contribution in [0.25, 0.3) is 0 Å². The highest BCUT2D eigenvalue weighted by atomic mass is 35.6. The number of hydrogen-bond donors (Lipinski definition) is 0. The Labute approximate surface area is 99.8 Å². The molecule has 1 aliphatic heterocycles. The fraction of sp³-hybridized carbons (Fsp3) is 1.00. The van der Waals surface area contributed by atoms with E-state index >= 15 is 0 Å². The van der Waals surface area contributed by atoms with E-state index in [1.54, 1.807) is 0 Å². The molecule has 15 heavy (non-hydrogen) atoms. The first-order valence-electron chi connectivity index (χ1n) is 6.32. The van der Waals surface area contributed by atoms with Gasteiger partial charge < -0.3 is 4.74 Å². The predicted molar refractivity (Wildman–Crippen MR) is 66.7 cm³/mol. The summed E-state index contributed by atoms with van der Waals surface area (Å²) in [6, 6.07) is 2.70. The van der Waals surface area contributed by atoms with Crippen LogP contribution < -0.4 is 0 Å². The van der Waals surface area contributed by atoms with Gasteiger partial charge in [-0.3, -0.25) is 0 Å². The molecular weight excluding hydrogens is 224 g/mol. The molecule has 1 saturated heterocycles. The third kappa shape index (κ3) is 3.21. The Morgan fingerprint density at radius 1 is 0.933 bits per heavy atom. The zero-order valence-corrected chi connectivity index (χ0v) is 11.4. The molecule has 1 heterocycles. The first-order valence-corrected chi connectivity index (χ1v) is 9.25. The molecule has 87 valence electrons. The maximum Gasteiger partial charge on any atom is 0.165 e. The Bertz CT molecular complexity index is 184. The van der Waals surface area contributed by atoms with Crippen molar-refractivity contribution >= 4 is 19.2 Å². The quantitative estimate of drug-likeness (QED) is 0.531. The molecule has 1 radical (unpaired) electrons. The van der Waals surface area contributed by atoms with E-state index < -0.39 is 8.11 Å². The molecule has 0 aromatic carbocycles. The van der Waals surface area contributed by atoms with Gasteiger partial charge in [0.15, 0.2) is 8.11 Å². The van der Waals surface area contributed by atoms with E-state index in [0.717, 1.165) is 11.8 Å². The zero-order chi connectivity index (χ0) is 10.7. The van der Waals surface area contributed by atoms with Crippen molar-refractivity contribution in [2.75, 3.05) is 7.11 Å². The number of rotatable bonds is 2. The molecule has 3 heteroatoms. The van der Waals surface area contributed by atoms with E-state index in [1.807, 2.05) is 7.11 Å². The van der Waals surface area contributed by atoms with E-state index in [-0.39, 0.29) is 0 Å². The topological polar surface area (TPSA) is 9.23 Å². The lowest BCUT2D eigenvalue weighted by Gasteiger charge is -2.36. The third-order valence-electron chi connectivity index (χ3n) is 4.29. The van der Waals surface area contributed by atoms with Crippen molar-refractivity contribution < 1.29 is 4.74 Å². The standard InChI is InChI=1S/C12H22ClOSi/c1-14-12-4-2-10(3-5-12)11-6-8-15(13)9-7-11/h10-12H,2-9H2,1H3. The van der Waals surface area contributed by atoms with Gasteiger partial charge in [0.25, 0.3) is 0 Å². The average molecular weight is 246 g/mol. The van der Waals surface area contributed by atoms with Crippen molar-refractivity contribution in [2.24, 2.45) is 11.8 Å². The number of hydrogen-bond acceptors (Lipinski definition) is 1. The molecule has 1 saturated carbocycles. The van der Waals surface area contributed by atoms with Crippen molar-refractivity contribution in [1.82, 2.24) is 0 Å². The van der Waals surface area contributed by atoms with Gasteiger partial charge in [-0.2, -0.15) is 11.1 Å². The summed E-state index contributed by atoms with van der Waals surface area (Å²) in [5.74, 6) is 1.98. The van der Waals surface area contributed by atoms with Gasteiger partial charge in [-0.05, 0) is 49.6 Å². The summed E-state index contributed by atoms with van der Waals surface area (Å²) in [4.78, 5) is 0. The lowest BCUT2D eigenvalue weighted by molar-refractivity contribution is 0.0449. The highest BCUT2D eigenvalue weighted by molar-refractivity contribution is 7.07. The van der Waals surface area contributed by atoms with Crippen molar-refractivity contribution in [3.05, 3.63) is 0 Å². The van der Waals surface area contributed by atoms with Crippen LogP contribution in [0.4, 0.5) is 0 Å². The number of ether oxygens (including phenoxy) is 1. The SMILES string of the molecule is COC1CCC(C2CC[Si](Cl)CC2)CC1. The summed E-state index contributed by atoms with van der Waals surface area (Å²) in [6.45, 7) is 0. The van der Waals surface area contributed by atoms with Gasteiger partial charge in [0, 0.05) is 7.11 Å². The first kappa shape index (κ1) is 11.9. The smallest absolute Gasteiger partial charge is 0.165 e. The Balaban J connectivity index is 1.75. The van der Waals surface area contributed by atoms with Crippen molar-refractivity contribution in [2.45, 2.75) is 56.7 Å². The van der Waals surface area contributed by atoms with Crippen LogP contribution in [-0.2, 0) is 4.74 Å². The fourth-order valence-electron chi connectivity index (χ4n) is 3.22. The van der Waals surface area contributed by atoms with Gasteiger partial charge in [0.2, 0.25) is 0 Å². The summed E-state index contributed by atoms with van der Waals surface area (Å²) >= 11 is 6.25. The van der Waals surface area contributed by atoms with E-state index in [2.05, 4.69) is 0 Å². The second kappa shape index (κ2) is 5.69. The van der Waals surface area contributed by atoms with E-state index in [4.69, 9.17) is 15.8 Å². The van der Waals surface area contributed by atoms with Crippen LogP contribution in [0.2, 0.25) is 12.1 Å². The van der Waals surface area contributed by atoms with Gasteiger partial charge >= 0.3 is 0 Å². The van der Waals surface area contributed by atoms with Gasteiger partial charge in [-0.15, -0.1) is 0 Å². The molecule has 2 fully saturated rings. The van der Waals surface area contributed by atoms with E-state index in [0.29, 0.717) is 6.10 Å². The van der Waals surface area contributed by atoms with Crippen LogP contribution in [0, 0.1) is 11.8 Å². The minimum absolute atomic E-state index is 0.431. The van der Waals surface area contributed by atoms with E-state index in [9.17, 15) is 0 Å². The second-order valence-electron chi connectivity index (χ2n) is 5.13. The molecule has 0 atom stereocenters. The molecule has 2 aliphatic rings. The molecule has 0 aromatic heterocycles. The minimum Gasteiger partial charge on any atom is -0.381 e. The fourth-order valence-corrected chi connectivity index (χ4v) is 5.49. The lowest BCUT2D eigenvalue weighted by atomic mass is 9.76. The molecule has 0 N–H and O–H groups in total.